The quantitative estimate of drug-likeness (QED) is 0.158. The zero-order valence-corrected chi connectivity index (χ0v) is 19.1. The number of aliphatic imine (C=N–C) groups is 1. The van der Waals surface area contributed by atoms with Gasteiger partial charge >= 0.3 is 0 Å². The Morgan fingerprint density at radius 2 is 1.96 bits per heavy atom. The van der Waals surface area contributed by atoms with E-state index in [1.165, 1.54) is 25.7 Å². The summed E-state index contributed by atoms with van der Waals surface area (Å²) < 4.78 is 0. The van der Waals surface area contributed by atoms with Crippen LogP contribution in [0, 0.1) is 5.92 Å². The van der Waals surface area contributed by atoms with E-state index >= 15 is 0 Å². The molecule has 0 radical (unpaired) electrons. The fraction of sp³-hybridized carbons (Fsp3) is 0.632. The smallest absolute Gasteiger partial charge is 0.220 e. The molecule has 27 heavy (non-hydrogen) atoms. The summed E-state index contributed by atoms with van der Waals surface area (Å²) in [6.07, 6.45) is 8.19. The zero-order valence-electron chi connectivity index (χ0n) is 16.0. The Balaban J connectivity index is 0.00000364. The van der Waals surface area contributed by atoms with Gasteiger partial charge in [0.1, 0.15) is 5.15 Å². The maximum absolute atomic E-state index is 11.9. The first-order valence-electron chi connectivity index (χ1n) is 9.56. The third kappa shape index (κ3) is 10.1. The fourth-order valence-electron chi connectivity index (χ4n) is 3.12. The zero-order chi connectivity index (χ0) is 18.6. The van der Waals surface area contributed by atoms with Crippen LogP contribution in [0.5, 0.6) is 0 Å². The molecule has 0 atom stereocenters. The number of halogens is 2. The molecule has 152 valence electrons. The van der Waals surface area contributed by atoms with E-state index in [1.807, 2.05) is 13.0 Å². The molecule has 0 aromatic carbocycles. The molecule has 1 fully saturated rings. The third-order valence-corrected chi connectivity index (χ3v) is 4.72. The molecule has 1 aromatic heterocycles. The van der Waals surface area contributed by atoms with Gasteiger partial charge in [0, 0.05) is 38.8 Å². The van der Waals surface area contributed by atoms with E-state index in [1.54, 1.807) is 12.3 Å². The topological polar surface area (TPSA) is 78.4 Å². The van der Waals surface area contributed by atoms with Crippen molar-refractivity contribution in [2.75, 3.05) is 26.2 Å². The summed E-state index contributed by atoms with van der Waals surface area (Å²) in [5.74, 6) is 1.51. The molecule has 1 aromatic rings. The molecule has 1 heterocycles. The number of pyridine rings is 1. The monoisotopic (exact) mass is 507 g/mol. The van der Waals surface area contributed by atoms with Gasteiger partial charge in [-0.1, -0.05) is 30.5 Å². The first-order valence-corrected chi connectivity index (χ1v) is 9.94. The average Bonchev–Trinajstić information content (AvgIpc) is 3.13. The van der Waals surface area contributed by atoms with E-state index in [2.05, 4.69) is 25.9 Å². The summed E-state index contributed by atoms with van der Waals surface area (Å²) in [6, 6.07) is 3.75. The molecule has 1 aliphatic carbocycles. The van der Waals surface area contributed by atoms with Gasteiger partial charge in [-0.2, -0.15) is 0 Å². The SMILES string of the molecule is CCNC(=NCCc1ccc(Cl)nc1)NCCNC(=O)CC1CCCC1.I. The van der Waals surface area contributed by atoms with E-state index in [0.717, 1.165) is 24.5 Å². The van der Waals surface area contributed by atoms with Gasteiger partial charge in [-0.15, -0.1) is 24.0 Å². The number of rotatable bonds is 9. The highest BCUT2D eigenvalue weighted by Crippen LogP contribution is 2.27. The molecule has 0 saturated heterocycles. The molecule has 0 aliphatic heterocycles. The summed E-state index contributed by atoms with van der Waals surface area (Å²) in [4.78, 5) is 20.5. The van der Waals surface area contributed by atoms with Crippen LogP contribution in [0.1, 0.15) is 44.6 Å². The number of hydrogen-bond donors (Lipinski definition) is 3. The molecule has 1 aliphatic rings. The van der Waals surface area contributed by atoms with Crippen LogP contribution in [-0.4, -0.2) is 43.0 Å². The van der Waals surface area contributed by atoms with Crippen LogP contribution in [0.3, 0.4) is 0 Å². The fourth-order valence-corrected chi connectivity index (χ4v) is 3.24. The lowest BCUT2D eigenvalue weighted by molar-refractivity contribution is -0.121. The minimum absolute atomic E-state index is 0. The number of hydrogen-bond acceptors (Lipinski definition) is 3. The summed E-state index contributed by atoms with van der Waals surface area (Å²) in [7, 11) is 0. The van der Waals surface area contributed by atoms with Crippen LogP contribution in [0.15, 0.2) is 23.3 Å². The maximum atomic E-state index is 11.9. The molecule has 3 N–H and O–H groups in total. The second-order valence-electron chi connectivity index (χ2n) is 6.63. The van der Waals surface area contributed by atoms with Crippen LogP contribution < -0.4 is 16.0 Å². The first-order chi connectivity index (χ1) is 12.7. The molecular formula is C19H31ClIN5O. The number of aromatic nitrogens is 1. The van der Waals surface area contributed by atoms with Crippen molar-refractivity contribution in [2.24, 2.45) is 10.9 Å². The number of amides is 1. The predicted octanol–water partition coefficient (Wildman–Crippen LogP) is 3.15. The number of carbonyl (C=O) groups excluding carboxylic acids is 1. The Labute approximate surface area is 184 Å². The van der Waals surface area contributed by atoms with Crippen molar-refractivity contribution >= 4 is 47.4 Å². The van der Waals surface area contributed by atoms with Crippen molar-refractivity contribution in [3.05, 3.63) is 29.0 Å². The van der Waals surface area contributed by atoms with E-state index in [0.29, 0.717) is 37.1 Å². The second kappa shape index (κ2) is 14.0. The number of carbonyl (C=O) groups is 1. The number of nitrogens with zero attached hydrogens (tertiary/aromatic N) is 2. The van der Waals surface area contributed by atoms with Crippen molar-refractivity contribution < 1.29 is 4.79 Å². The van der Waals surface area contributed by atoms with Gasteiger partial charge in [0.25, 0.3) is 0 Å². The van der Waals surface area contributed by atoms with Crippen LogP contribution in [0.4, 0.5) is 0 Å². The molecule has 8 heteroatoms. The Kier molecular flexibility index (Phi) is 12.4. The van der Waals surface area contributed by atoms with Crippen molar-refractivity contribution in [1.82, 2.24) is 20.9 Å². The van der Waals surface area contributed by atoms with Crippen molar-refractivity contribution in [1.29, 1.82) is 0 Å². The molecule has 0 unspecified atom stereocenters. The molecule has 1 amide bonds. The van der Waals surface area contributed by atoms with Gasteiger partial charge in [0.05, 0.1) is 0 Å². The highest BCUT2D eigenvalue weighted by Gasteiger charge is 2.17. The largest absolute Gasteiger partial charge is 0.357 e. The predicted molar refractivity (Wildman–Crippen MR) is 122 cm³/mol. The minimum Gasteiger partial charge on any atom is -0.357 e. The molecule has 1 saturated carbocycles. The highest BCUT2D eigenvalue weighted by molar-refractivity contribution is 14.0. The van der Waals surface area contributed by atoms with Gasteiger partial charge in [-0.3, -0.25) is 9.79 Å². The average molecular weight is 508 g/mol. The third-order valence-electron chi connectivity index (χ3n) is 4.49. The molecule has 6 nitrogen and oxygen atoms in total. The Hall–Kier alpha value is -1.09. The summed E-state index contributed by atoms with van der Waals surface area (Å²) in [5.41, 5.74) is 1.10. The number of guanidine groups is 1. The van der Waals surface area contributed by atoms with Crippen LogP contribution >= 0.6 is 35.6 Å². The van der Waals surface area contributed by atoms with Gasteiger partial charge in [-0.25, -0.2) is 4.98 Å². The van der Waals surface area contributed by atoms with Crippen LogP contribution in [0.25, 0.3) is 0 Å². The van der Waals surface area contributed by atoms with E-state index < -0.39 is 0 Å². The van der Waals surface area contributed by atoms with Gasteiger partial charge in [-0.05, 0) is 43.7 Å². The lowest BCUT2D eigenvalue weighted by Gasteiger charge is -2.13. The Bertz CT molecular complexity index is 576. The van der Waals surface area contributed by atoms with Crippen molar-refractivity contribution in [3.8, 4) is 0 Å². The lowest BCUT2D eigenvalue weighted by atomic mass is 10.0. The molecule has 0 bridgehead atoms. The van der Waals surface area contributed by atoms with Gasteiger partial charge in [0.15, 0.2) is 5.96 Å². The van der Waals surface area contributed by atoms with Crippen LogP contribution in [0.2, 0.25) is 5.15 Å². The summed E-state index contributed by atoms with van der Waals surface area (Å²) in [5, 5.41) is 9.96. The van der Waals surface area contributed by atoms with E-state index in [9.17, 15) is 4.79 Å². The van der Waals surface area contributed by atoms with Gasteiger partial charge < -0.3 is 16.0 Å². The van der Waals surface area contributed by atoms with Gasteiger partial charge in [0.2, 0.25) is 5.91 Å². The molecule has 2 rings (SSSR count). The molecular weight excluding hydrogens is 477 g/mol. The van der Waals surface area contributed by atoms with E-state index in [4.69, 9.17) is 11.6 Å². The standard InChI is InChI=1S/C19H30ClN5O.HI/c1-2-21-19(23-10-9-16-7-8-17(20)25-14-16)24-12-11-22-18(26)13-15-5-3-4-6-15;/h7-8,14-15H,2-6,9-13H2,1H3,(H,22,26)(H2,21,23,24);1H. The Morgan fingerprint density at radius 1 is 1.22 bits per heavy atom. The molecule has 0 spiro atoms. The second-order valence-corrected chi connectivity index (χ2v) is 7.02. The van der Waals surface area contributed by atoms with E-state index in [-0.39, 0.29) is 29.9 Å². The van der Waals surface area contributed by atoms with Crippen molar-refractivity contribution in [2.45, 2.75) is 45.4 Å². The minimum atomic E-state index is 0. The summed E-state index contributed by atoms with van der Waals surface area (Å²) >= 11 is 5.79. The summed E-state index contributed by atoms with van der Waals surface area (Å²) in [6.45, 7) is 4.75. The number of nitrogens with one attached hydrogen (secondary N) is 3. The highest BCUT2D eigenvalue weighted by atomic mass is 127. The maximum Gasteiger partial charge on any atom is 0.220 e. The van der Waals surface area contributed by atoms with Crippen molar-refractivity contribution in [3.63, 3.8) is 0 Å². The normalized spacial score (nSPS) is 14.5. The van der Waals surface area contributed by atoms with Crippen LogP contribution in [-0.2, 0) is 11.2 Å². The Morgan fingerprint density at radius 3 is 2.63 bits per heavy atom. The first kappa shape index (κ1) is 23.9. The lowest BCUT2D eigenvalue weighted by Crippen LogP contribution is -2.41.